The van der Waals surface area contributed by atoms with Crippen LogP contribution in [0.15, 0.2) is 180 Å². The highest BCUT2D eigenvalue weighted by atomic mass is 16.3. The van der Waals surface area contributed by atoms with Crippen LogP contribution in [0.2, 0.25) is 0 Å². The third-order valence-electron chi connectivity index (χ3n) is 11.6. The lowest BCUT2D eigenvalue weighted by atomic mass is 9.78. The Morgan fingerprint density at radius 1 is 0.444 bits per heavy atom. The molecule has 0 unspecified atom stereocenters. The first kappa shape index (κ1) is 33.8. The third-order valence-corrected chi connectivity index (χ3v) is 11.6. The lowest BCUT2D eigenvalue weighted by Gasteiger charge is -2.30. The molecule has 266 valence electrons. The average molecular weight is 703 g/mol. The Kier molecular flexibility index (Phi) is 9.00. The predicted molar refractivity (Wildman–Crippen MR) is 227 cm³/mol. The molecule has 3 nitrogen and oxygen atoms in total. The number of furan rings is 1. The molecular weight excluding hydrogens is 657 g/mol. The topological polar surface area (TPSA) is 19.6 Å². The molecule has 0 aliphatic heterocycles. The number of benzene rings is 7. The average Bonchev–Trinajstić information content (AvgIpc) is 3.62. The monoisotopic (exact) mass is 702 g/mol. The van der Waals surface area contributed by atoms with Gasteiger partial charge in [0.1, 0.15) is 5.58 Å². The maximum atomic E-state index is 6.60. The quantitative estimate of drug-likeness (QED) is 0.149. The second kappa shape index (κ2) is 14.4. The smallest absolute Gasteiger partial charge is 0.159 e. The highest BCUT2D eigenvalue weighted by Gasteiger charge is 2.26. The van der Waals surface area contributed by atoms with Crippen LogP contribution in [0.3, 0.4) is 0 Å². The zero-order valence-electron chi connectivity index (χ0n) is 31.2. The molecule has 0 N–H and O–H groups in total. The van der Waals surface area contributed by atoms with E-state index in [0.717, 1.165) is 56.1 Å². The molecule has 1 aliphatic carbocycles. The first-order valence-electron chi connectivity index (χ1n) is 19.5. The van der Waals surface area contributed by atoms with E-state index < -0.39 is 0 Å². The molecule has 3 heteroatoms. The molecule has 0 spiro atoms. The summed E-state index contributed by atoms with van der Waals surface area (Å²) >= 11 is 0. The van der Waals surface area contributed by atoms with Gasteiger partial charge in [-0.05, 0) is 108 Å². The Morgan fingerprint density at radius 3 is 1.52 bits per heavy atom. The van der Waals surface area contributed by atoms with Gasteiger partial charge in [0, 0.05) is 44.6 Å². The number of para-hydroxylation sites is 4. The molecular formula is C51H46N2O. The molecule has 7 aromatic carbocycles. The fraction of sp³-hybridized carbons (Fsp3) is 0.176. The van der Waals surface area contributed by atoms with Crippen LogP contribution >= 0.6 is 0 Å². The molecule has 8 aromatic rings. The van der Waals surface area contributed by atoms with Crippen LogP contribution in [-0.4, -0.2) is 0 Å². The van der Waals surface area contributed by atoms with Crippen molar-refractivity contribution < 1.29 is 4.42 Å². The minimum atomic E-state index is -0.216. The molecule has 54 heavy (non-hydrogen) atoms. The van der Waals surface area contributed by atoms with Gasteiger partial charge in [0.25, 0.3) is 0 Å². The van der Waals surface area contributed by atoms with E-state index in [9.17, 15) is 0 Å². The highest BCUT2D eigenvalue weighted by Crippen LogP contribution is 2.44. The van der Waals surface area contributed by atoms with Gasteiger partial charge in [0.2, 0.25) is 0 Å². The van der Waals surface area contributed by atoms with E-state index in [4.69, 9.17) is 4.42 Å². The SMILES string of the molecule is CC(C)(c1ccc(N(c2ccccc2)c2ccccc2)cc1)c1ccc(N(c2ccc(C3CCCCC3)cc2)c2cccc3c2oc2ccccc23)cc1. The fourth-order valence-corrected chi connectivity index (χ4v) is 8.49. The molecule has 1 aliphatic rings. The fourth-order valence-electron chi connectivity index (χ4n) is 8.49. The second-order valence-corrected chi connectivity index (χ2v) is 15.2. The van der Waals surface area contributed by atoms with Crippen molar-refractivity contribution in [2.45, 2.75) is 57.3 Å². The first-order chi connectivity index (χ1) is 26.5. The zero-order chi connectivity index (χ0) is 36.5. The number of hydrogen-bond acceptors (Lipinski definition) is 3. The lowest BCUT2D eigenvalue weighted by molar-refractivity contribution is 0.443. The normalized spacial score (nSPS) is 13.7. The minimum absolute atomic E-state index is 0.216. The minimum Gasteiger partial charge on any atom is -0.454 e. The van der Waals surface area contributed by atoms with Gasteiger partial charge in [-0.3, -0.25) is 0 Å². The first-order valence-corrected chi connectivity index (χ1v) is 19.5. The molecule has 0 atom stereocenters. The van der Waals surface area contributed by atoms with Crippen LogP contribution in [0, 0.1) is 0 Å². The van der Waals surface area contributed by atoms with Gasteiger partial charge in [0.15, 0.2) is 5.58 Å². The Hall–Kier alpha value is -6.06. The molecule has 0 radical (unpaired) electrons. The maximum absolute atomic E-state index is 6.60. The Balaban J connectivity index is 1.07. The lowest BCUT2D eigenvalue weighted by Crippen LogP contribution is -2.19. The molecule has 0 saturated heterocycles. The summed E-state index contributed by atoms with van der Waals surface area (Å²) in [5, 5.41) is 2.27. The van der Waals surface area contributed by atoms with E-state index in [2.05, 4.69) is 194 Å². The van der Waals surface area contributed by atoms with Crippen LogP contribution in [0.1, 0.15) is 68.6 Å². The van der Waals surface area contributed by atoms with E-state index in [1.54, 1.807) is 0 Å². The second-order valence-electron chi connectivity index (χ2n) is 15.2. The largest absolute Gasteiger partial charge is 0.454 e. The summed E-state index contributed by atoms with van der Waals surface area (Å²) in [5.41, 5.74) is 12.3. The molecule has 0 amide bonds. The van der Waals surface area contributed by atoms with E-state index in [0.29, 0.717) is 5.92 Å². The highest BCUT2D eigenvalue weighted by molar-refractivity contribution is 6.10. The summed E-state index contributed by atoms with van der Waals surface area (Å²) in [6.07, 6.45) is 6.61. The van der Waals surface area contributed by atoms with Gasteiger partial charge < -0.3 is 14.2 Å². The molecule has 1 heterocycles. The number of rotatable bonds is 9. The Bertz CT molecular complexity index is 2440. The number of hydrogen-bond donors (Lipinski definition) is 0. The van der Waals surface area contributed by atoms with Crippen LogP contribution in [0.5, 0.6) is 0 Å². The summed E-state index contributed by atoms with van der Waals surface area (Å²) in [5.74, 6) is 0.662. The van der Waals surface area contributed by atoms with Crippen molar-refractivity contribution in [3.05, 3.63) is 193 Å². The summed E-state index contributed by atoms with van der Waals surface area (Å²) in [6, 6.07) is 63.5. The van der Waals surface area contributed by atoms with E-state index in [-0.39, 0.29) is 5.41 Å². The maximum Gasteiger partial charge on any atom is 0.159 e. The summed E-state index contributed by atoms with van der Waals surface area (Å²) < 4.78 is 6.60. The van der Waals surface area contributed by atoms with Crippen LogP contribution in [0.4, 0.5) is 34.1 Å². The van der Waals surface area contributed by atoms with E-state index in [1.807, 2.05) is 6.07 Å². The standard InChI is InChI=1S/C51H46N2O/c1-51(2,39-27-33-43(34-28-39)52(41-17-8-4-9-18-41)42-19-10-5-11-20-42)40-29-35-45(36-30-40)53(44-31-25-38(26-32-44)37-15-6-3-7-16-37)48-23-14-22-47-46-21-12-13-24-49(46)54-50(47)48/h4-5,8-14,17-37H,3,6-7,15-16H2,1-2H3. The van der Waals surface area contributed by atoms with Gasteiger partial charge in [-0.25, -0.2) is 0 Å². The van der Waals surface area contributed by atoms with Crippen molar-refractivity contribution >= 4 is 56.1 Å². The zero-order valence-corrected chi connectivity index (χ0v) is 31.2. The molecule has 9 rings (SSSR count). The number of fused-ring (bicyclic) bond motifs is 3. The molecule has 1 saturated carbocycles. The molecule has 0 bridgehead atoms. The molecule has 1 aromatic heterocycles. The Labute approximate surface area is 319 Å². The third kappa shape index (κ3) is 6.34. The van der Waals surface area contributed by atoms with Crippen molar-refractivity contribution in [3.63, 3.8) is 0 Å². The van der Waals surface area contributed by atoms with Gasteiger partial charge in [-0.15, -0.1) is 0 Å². The van der Waals surface area contributed by atoms with Crippen molar-refractivity contribution in [1.82, 2.24) is 0 Å². The van der Waals surface area contributed by atoms with Crippen molar-refractivity contribution in [3.8, 4) is 0 Å². The van der Waals surface area contributed by atoms with Crippen LogP contribution < -0.4 is 9.80 Å². The predicted octanol–water partition coefficient (Wildman–Crippen LogP) is 14.9. The molecule has 1 fully saturated rings. The van der Waals surface area contributed by atoms with Gasteiger partial charge in [0.05, 0.1) is 5.69 Å². The van der Waals surface area contributed by atoms with Gasteiger partial charge in [-0.2, -0.15) is 0 Å². The van der Waals surface area contributed by atoms with E-state index in [1.165, 1.54) is 48.8 Å². The summed E-state index contributed by atoms with van der Waals surface area (Å²) in [7, 11) is 0. The Morgan fingerprint density at radius 2 is 0.926 bits per heavy atom. The number of anilines is 6. The van der Waals surface area contributed by atoms with Crippen molar-refractivity contribution in [2.75, 3.05) is 9.80 Å². The van der Waals surface area contributed by atoms with Crippen LogP contribution in [0.25, 0.3) is 21.9 Å². The summed E-state index contributed by atoms with van der Waals surface area (Å²) in [4.78, 5) is 4.67. The van der Waals surface area contributed by atoms with Gasteiger partial charge in [-0.1, -0.05) is 136 Å². The van der Waals surface area contributed by atoms with E-state index >= 15 is 0 Å². The van der Waals surface area contributed by atoms with Crippen molar-refractivity contribution in [1.29, 1.82) is 0 Å². The number of nitrogens with zero attached hydrogens (tertiary/aromatic N) is 2. The summed E-state index contributed by atoms with van der Waals surface area (Å²) in [6.45, 7) is 4.64. The van der Waals surface area contributed by atoms with Gasteiger partial charge >= 0.3 is 0 Å². The van der Waals surface area contributed by atoms with Crippen molar-refractivity contribution in [2.24, 2.45) is 0 Å². The van der Waals surface area contributed by atoms with Crippen LogP contribution in [-0.2, 0) is 5.41 Å².